The highest BCUT2D eigenvalue weighted by molar-refractivity contribution is 5.80. The number of likely N-dealkylation sites (tertiary alicyclic amines) is 1. The third-order valence-electron chi connectivity index (χ3n) is 3.86. The van der Waals surface area contributed by atoms with Gasteiger partial charge in [-0.25, -0.2) is 4.79 Å². The van der Waals surface area contributed by atoms with E-state index in [0.717, 1.165) is 31.3 Å². The number of aryl methyl sites for hydroxylation is 1. The minimum Gasteiger partial charge on any atom is -0.444 e. The molecule has 1 fully saturated rings. The van der Waals surface area contributed by atoms with E-state index in [1.54, 1.807) is 13.4 Å². The Bertz CT molecular complexity index is 606. The van der Waals surface area contributed by atoms with Crippen molar-refractivity contribution in [1.29, 1.82) is 0 Å². The highest BCUT2D eigenvalue weighted by atomic mass is 16.6. The summed E-state index contributed by atoms with van der Waals surface area (Å²) in [5, 5.41) is 14.3. The van der Waals surface area contributed by atoms with Crippen LogP contribution >= 0.6 is 0 Å². The first kappa shape index (κ1) is 19.0. The Balaban J connectivity index is 1.83. The number of rotatable bonds is 4. The van der Waals surface area contributed by atoms with Crippen LogP contribution in [0.4, 0.5) is 4.79 Å². The first-order valence-electron chi connectivity index (χ1n) is 8.64. The molecule has 1 aromatic heterocycles. The largest absolute Gasteiger partial charge is 0.444 e. The van der Waals surface area contributed by atoms with Crippen LogP contribution in [-0.4, -0.2) is 63.5 Å². The SMILES string of the molecule is CCn1cnnc1CNC(=NC)N1CCC(NC(=O)OC(C)(C)C)C1. The van der Waals surface area contributed by atoms with Gasteiger partial charge < -0.3 is 24.8 Å². The molecular formula is C16H29N7O2. The molecule has 1 aromatic rings. The second-order valence-electron chi connectivity index (χ2n) is 7.01. The quantitative estimate of drug-likeness (QED) is 0.620. The smallest absolute Gasteiger partial charge is 0.407 e. The van der Waals surface area contributed by atoms with Gasteiger partial charge in [-0.15, -0.1) is 10.2 Å². The van der Waals surface area contributed by atoms with Crippen molar-refractivity contribution in [2.45, 2.75) is 58.8 Å². The Morgan fingerprint density at radius 2 is 2.24 bits per heavy atom. The van der Waals surface area contributed by atoms with Gasteiger partial charge in [0.05, 0.1) is 12.6 Å². The monoisotopic (exact) mass is 351 g/mol. The molecule has 1 amide bonds. The molecule has 0 aliphatic carbocycles. The minimum absolute atomic E-state index is 0.0488. The molecule has 0 aromatic carbocycles. The van der Waals surface area contributed by atoms with Crippen LogP contribution in [0.1, 0.15) is 39.9 Å². The molecule has 0 saturated carbocycles. The van der Waals surface area contributed by atoms with Gasteiger partial charge in [0.2, 0.25) is 0 Å². The van der Waals surface area contributed by atoms with Crippen LogP contribution in [0.2, 0.25) is 0 Å². The fourth-order valence-corrected chi connectivity index (χ4v) is 2.72. The van der Waals surface area contributed by atoms with Crippen LogP contribution < -0.4 is 10.6 Å². The number of hydrogen-bond acceptors (Lipinski definition) is 5. The van der Waals surface area contributed by atoms with Crippen LogP contribution in [0.5, 0.6) is 0 Å². The second kappa shape index (κ2) is 8.17. The van der Waals surface area contributed by atoms with Crippen molar-refractivity contribution in [2.24, 2.45) is 4.99 Å². The summed E-state index contributed by atoms with van der Waals surface area (Å²) in [6, 6.07) is 0.0488. The third-order valence-corrected chi connectivity index (χ3v) is 3.86. The number of nitrogens with one attached hydrogen (secondary N) is 2. The van der Waals surface area contributed by atoms with Gasteiger partial charge in [0.15, 0.2) is 11.8 Å². The predicted molar refractivity (Wildman–Crippen MR) is 95.2 cm³/mol. The predicted octanol–water partition coefficient (Wildman–Crippen LogP) is 0.972. The van der Waals surface area contributed by atoms with Crippen LogP contribution in [-0.2, 0) is 17.8 Å². The van der Waals surface area contributed by atoms with Gasteiger partial charge >= 0.3 is 6.09 Å². The molecule has 9 heteroatoms. The maximum Gasteiger partial charge on any atom is 0.407 e. The Hall–Kier alpha value is -2.32. The Kier molecular flexibility index (Phi) is 6.22. The number of aliphatic imine (C=N–C) groups is 1. The van der Waals surface area contributed by atoms with Crippen molar-refractivity contribution in [3.8, 4) is 0 Å². The number of guanidine groups is 1. The number of hydrogen-bond donors (Lipinski definition) is 2. The number of aromatic nitrogens is 3. The van der Waals surface area contributed by atoms with Crippen molar-refractivity contribution in [3.05, 3.63) is 12.2 Å². The summed E-state index contributed by atoms with van der Waals surface area (Å²) >= 11 is 0. The lowest BCUT2D eigenvalue weighted by atomic mass is 10.2. The molecular weight excluding hydrogens is 322 g/mol. The van der Waals surface area contributed by atoms with E-state index < -0.39 is 5.60 Å². The van der Waals surface area contributed by atoms with Crippen molar-refractivity contribution in [3.63, 3.8) is 0 Å². The van der Waals surface area contributed by atoms with E-state index >= 15 is 0 Å². The average Bonchev–Trinajstić information content (AvgIpc) is 3.15. The van der Waals surface area contributed by atoms with Crippen molar-refractivity contribution >= 4 is 12.1 Å². The molecule has 2 rings (SSSR count). The summed E-state index contributed by atoms with van der Waals surface area (Å²) in [4.78, 5) is 18.3. The van der Waals surface area contributed by atoms with Crippen molar-refractivity contribution in [2.75, 3.05) is 20.1 Å². The molecule has 1 saturated heterocycles. The maximum absolute atomic E-state index is 11.9. The zero-order chi connectivity index (χ0) is 18.4. The Labute approximate surface area is 148 Å². The average molecular weight is 351 g/mol. The van der Waals surface area contributed by atoms with E-state index in [1.807, 2.05) is 25.3 Å². The summed E-state index contributed by atoms with van der Waals surface area (Å²) in [6.45, 7) is 10.5. The van der Waals surface area contributed by atoms with Crippen LogP contribution in [0.15, 0.2) is 11.3 Å². The molecule has 9 nitrogen and oxygen atoms in total. The molecule has 0 radical (unpaired) electrons. The number of amides is 1. The standard InChI is InChI=1S/C16H29N7O2/c1-6-22-11-19-21-13(22)9-18-14(17-5)23-8-7-12(10-23)20-15(24)25-16(2,3)4/h11-12H,6-10H2,1-5H3,(H,17,18)(H,20,24). The van der Waals surface area contributed by atoms with E-state index in [-0.39, 0.29) is 12.1 Å². The second-order valence-corrected chi connectivity index (χ2v) is 7.01. The first-order chi connectivity index (χ1) is 11.8. The number of carbonyl (C=O) groups excluding carboxylic acids is 1. The molecule has 25 heavy (non-hydrogen) atoms. The lowest BCUT2D eigenvalue weighted by Crippen LogP contribution is -2.44. The molecule has 140 valence electrons. The number of ether oxygens (including phenoxy) is 1. The molecule has 2 N–H and O–H groups in total. The van der Waals surface area contributed by atoms with Gasteiger partial charge in [-0.1, -0.05) is 0 Å². The summed E-state index contributed by atoms with van der Waals surface area (Å²) in [6.07, 6.45) is 2.19. The van der Waals surface area contributed by atoms with E-state index in [1.165, 1.54) is 0 Å². The molecule has 1 aliphatic heterocycles. The Morgan fingerprint density at radius 1 is 1.48 bits per heavy atom. The van der Waals surface area contributed by atoms with E-state index in [4.69, 9.17) is 4.74 Å². The number of nitrogens with zero attached hydrogens (tertiary/aromatic N) is 5. The molecule has 1 unspecified atom stereocenters. The molecule has 1 aliphatic rings. The zero-order valence-electron chi connectivity index (χ0n) is 15.7. The maximum atomic E-state index is 11.9. The highest BCUT2D eigenvalue weighted by Gasteiger charge is 2.27. The van der Waals surface area contributed by atoms with E-state index in [9.17, 15) is 4.79 Å². The van der Waals surface area contributed by atoms with Crippen molar-refractivity contribution < 1.29 is 9.53 Å². The van der Waals surface area contributed by atoms with E-state index in [0.29, 0.717) is 13.1 Å². The third kappa shape index (κ3) is 5.61. The number of carbonyl (C=O) groups is 1. The zero-order valence-corrected chi connectivity index (χ0v) is 15.7. The minimum atomic E-state index is -0.491. The number of alkyl carbamates (subject to hydrolysis) is 1. The van der Waals surface area contributed by atoms with Crippen molar-refractivity contribution in [1.82, 2.24) is 30.3 Å². The van der Waals surface area contributed by atoms with Gasteiger partial charge in [0.25, 0.3) is 0 Å². The highest BCUT2D eigenvalue weighted by Crippen LogP contribution is 2.12. The van der Waals surface area contributed by atoms with Gasteiger partial charge in [-0.2, -0.15) is 0 Å². The molecule has 2 heterocycles. The summed E-state index contributed by atoms with van der Waals surface area (Å²) in [5.41, 5.74) is -0.491. The fraction of sp³-hybridized carbons (Fsp3) is 0.750. The van der Waals surface area contributed by atoms with Gasteiger partial charge in [0.1, 0.15) is 11.9 Å². The fourth-order valence-electron chi connectivity index (χ4n) is 2.72. The van der Waals surface area contributed by atoms with Gasteiger partial charge in [-0.3, -0.25) is 4.99 Å². The topological polar surface area (TPSA) is 96.7 Å². The molecule has 0 bridgehead atoms. The lowest BCUT2D eigenvalue weighted by molar-refractivity contribution is 0.0507. The van der Waals surface area contributed by atoms with Crippen LogP contribution in [0.25, 0.3) is 0 Å². The normalized spacial score (nSPS) is 18.4. The Morgan fingerprint density at radius 3 is 2.88 bits per heavy atom. The van der Waals surface area contributed by atoms with Crippen LogP contribution in [0, 0.1) is 0 Å². The lowest BCUT2D eigenvalue weighted by Gasteiger charge is -2.23. The van der Waals surface area contributed by atoms with Crippen LogP contribution in [0.3, 0.4) is 0 Å². The summed E-state index contributed by atoms with van der Waals surface area (Å²) in [7, 11) is 1.75. The summed E-state index contributed by atoms with van der Waals surface area (Å²) < 4.78 is 7.29. The van der Waals surface area contributed by atoms with E-state index in [2.05, 4.69) is 37.6 Å². The summed E-state index contributed by atoms with van der Waals surface area (Å²) in [5.74, 6) is 1.66. The van der Waals surface area contributed by atoms with Gasteiger partial charge in [0, 0.05) is 26.7 Å². The molecule has 1 atom stereocenters. The van der Waals surface area contributed by atoms with Gasteiger partial charge in [-0.05, 0) is 34.1 Å². The first-order valence-corrected chi connectivity index (χ1v) is 8.64. The molecule has 0 spiro atoms.